The molecule has 2 nitrogen and oxygen atoms in total. The van der Waals surface area contributed by atoms with Crippen molar-refractivity contribution in [3.63, 3.8) is 0 Å². The summed E-state index contributed by atoms with van der Waals surface area (Å²) in [5, 5.41) is 0. The first-order valence-electron chi connectivity index (χ1n) is 10.8. The van der Waals surface area contributed by atoms with Crippen LogP contribution in [-0.2, 0) is 0 Å². The molecular formula is C22H50Cl2N2. The Morgan fingerprint density at radius 2 is 0.462 bits per heavy atom. The van der Waals surface area contributed by atoms with Gasteiger partial charge in [0.15, 0.2) is 0 Å². The van der Waals surface area contributed by atoms with E-state index in [4.69, 9.17) is 0 Å². The smallest absolute Gasteiger partial charge is 0.0780 e. The van der Waals surface area contributed by atoms with E-state index in [0.717, 1.165) is 8.97 Å². The minimum atomic E-state index is 0. The van der Waals surface area contributed by atoms with Crippen LogP contribution in [0.4, 0.5) is 0 Å². The molecule has 0 amide bonds. The van der Waals surface area contributed by atoms with Gasteiger partial charge in [0.2, 0.25) is 0 Å². The summed E-state index contributed by atoms with van der Waals surface area (Å²) in [6.45, 7) is 2.66. The van der Waals surface area contributed by atoms with Gasteiger partial charge in [-0.05, 0) is 25.7 Å². The molecule has 0 radical (unpaired) electrons. The fourth-order valence-electron chi connectivity index (χ4n) is 3.29. The zero-order valence-electron chi connectivity index (χ0n) is 19.0. The van der Waals surface area contributed by atoms with Gasteiger partial charge >= 0.3 is 0 Å². The molecule has 0 aromatic carbocycles. The highest BCUT2D eigenvalue weighted by Gasteiger charge is 2.05. The molecule has 0 aliphatic carbocycles. The molecule has 162 valence electrons. The van der Waals surface area contributed by atoms with E-state index in [1.165, 1.54) is 103 Å². The number of hydrogen-bond acceptors (Lipinski definition) is 0. The van der Waals surface area contributed by atoms with E-state index < -0.39 is 0 Å². The van der Waals surface area contributed by atoms with Crippen LogP contribution < -0.4 is 24.8 Å². The van der Waals surface area contributed by atoms with E-state index in [0.29, 0.717) is 0 Å². The molecule has 0 aliphatic rings. The lowest BCUT2D eigenvalue weighted by Crippen LogP contribution is -3.00. The van der Waals surface area contributed by atoms with Crippen molar-refractivity contribution in [3.8, 4) is 0 Å². The van der Waals surface area contributed by atoms with Crippen LogP contribution in [0.2, 0.25) is 0 Å². The molecule has 0 saturated carbocycles. The SMILES string of the molecule is C[N+](C)(C)CCCCCCCCCCCCCCCC[N+](C)(C)C.[Cl-].[Cl-]. The fourth-order valence-corrected chi connectivity index (χ4v) is 3.29. The van der Waals surface area contributed by atoms with E-state index in [1.807, 2.05) is 0 Å². The number of hydrogen-bond donors (Lipinski definition) is 0. The zero-order chi connectivity index (χ0) is 18.3. The molecule has 0 aromatic heterocycles. The van der Waals surface area contributed by atoms with Gasteiger partial charge in [0.1, 0.15) is 0 Å². The minimum absolute atomic E-state index is 0. The molecule has 0 heterocycles. The first kappa shape index (κ1) is 31.2. The summed E-state index contributed by atoms with van der Waals surface area (Å²) in [5.41, 5.74) is 0. The fraction of sp³-hybridized carbons (Fsp3) is 1.00. The lowest BCUT2D eigenvalue weighted by atomic mass is 10.0. The monoisotopic (exact) mass is 412 g/mol. The second-order valence-electron chi connectivity index (χ2n) is 9.98. The summed E-state index contributed by atoms with van der Waals surface area (Å²) in [4.78, 5) is 0. The van der Waals surface area contributed by atoms with Gasteiger partial charge in [-0.1, -0.05) is 64.2 Å². The molecule has 0 bridgehead atoms. The Morgan fingerprint density at radius 3 is 0.615 bits per heavy atom. The average Bonchev–Trinajstić information content (AvgIpc) is 2.44. The Balaban J connectivity index is -0.00000264. The van der Waals surface area contributed by atoms with Gasteiger partial charge in [-0.15, -0.1) is 0 Å². The zero-order valence-corrected chi connectivity index (χ0v) is 20.5. The van der Waals surface area contributed by atoms with E-state index in [-0.39, 0.29) is 24.8 Å². The summed E-state index contributed by atoms with van der Waals surface area (Å²) in [6.07, 6.45) is 20.3. The number of quaternary nitrogens is 2. The molecule has 0 atom stereocenters. The molecule has 0 N–H and O–H groups in total. The molecule has 0 aliphatic heterocycles. The quantitative estimate of drug-likeness (QED) is 0.230. The summed E-state index contributed by atoms with van der Waals surface area (Å²) in [5.74, 6) is 0. The van der Waals surface area contributed by atoms with Crippen LogP contribution in [0.1, 0.15) is 89.9 Å². The van der Waals surface area contributed by atoms with Gasteiger partial charge in [0.25, 0.3) is 0 Å². The third kappa shape index (κ3) is 29.3. The second-order valence-corrected chi connectivity index (χ2v) is 9.98. The molecule has 0 unspecified atom stereocenters. The minimum Gasteiger partial charge on any atom is -1.00 e. The van der Waals surface area contributed by atoms with Gasteiger partial charge in [-0.25, -0.2) is 0 Å². The van der Waals surface area contributed by atoms with Crippen molar-refractivity contribution in [1.29, 1.82) is 0 Å². The van der Waals surface area contributed by atoms with Gasteiger partial charge in [-0.3, -0.25) is 0 Å². The average molecular weight is 414 g/mol. The van der Waals surface area contributed by atoms with Crippen molar-refractivity contribution >= 4 is 0 Å². The summed E-state index contributed by atoms with van der Waals surface area (Å²) >= 11 is 0. The van der Waals surface area contributed by atoms with Crippen molar-refractivity contribution in [3.05, 3.63) is 0 Å². The molecule has 0 saturated heterocycles. The maximum atomic E-state index is 2.30. The second kappa shape index (κ2) is 18.8. The standard InChI is InChI=1S/C22H50N2.2ClH/c1-23(2,3)21-19-17-15-13-11-9-7-8-10-12-14-16-18-20-22-24(4,5)6;;/h7-22H2,1-6H3;2*1H/q+2;;/p-2. The van der Waals surface area contributed by atoms with E-state index in [2.05, 4.69) is 42.3 Å². The molecular weight excluding hydrogens is 363 g/mol. The van der Waals surface area contributed by atoms with Gasteiger partial charge < -0.3 is 33.8 Å². The Labute approximate surface area is 179 Å². The van der Waals surface area contributed by atoms with Crippen LogP contribution in [0, 0.1) is 0 Å². The Bertz CT molecular complexity index is 242. The van der Waals surface area contributed by atoms with Crippen LogP contribution in [0.5, 0.6) is 0 Å². The number of unbranched alkanes of at least 4 members (excludes halogenated alkanes) is 13. The Hall–Kier alpha value is 0.500. The van der Waals surface area contributed by atoms with Crippen molar-refractivity contribution in [2.24, 2.45) is 0 Å². The highest BCUT2D eigenvalue weighted by molar-refractivity contribution is 4.49. The maximum Gasteiger partial charge on any atom is 0.0780 e. The van der Waals surface area contributed by atoms with Crippen LogP contribution >= 0.6 is 0 Å². The van der Waals surface area contributed by atoms with Crippen molar-refractivity contribution in [2.75, 3.05) is 55.4 Å². The van der Waals surface area contributed by atoms with E-state index in [9.17, 15) is 0 Å². The van der Waals surface area contributed by atoms with Crippen LogP contribution in [0.3, 0.4) is 0 Å². The lowest BCUT2D eigenvalue weighted by molar-refractivity contribution is -0.870. The normalized spacial score (nSPS) is 11.8. The third-order valence-electron chi connectivity index (χ3n) is 4.91. The van der Waals surface area contributed by atoms with E-state index in [1.54, 1.807) is 0 Å². The molecule has 4 heteroatoms. The Morgan fingerprint density at radius 1 is 0.308 bits per heavy atom. The van der Waals surface area contributed by atoms with Crippen molar-refractivity contribution in [2.45, 2.75) is 89.9 Å². The predicted molar refractivity (Wildman–Crippen MR) is 110 cm³/mol. The van der Waals surface area contributed by atoms with Crippen LogP contribution in [-0.4, -0.2) is 64.3 Å². The number of nitrogens with zero attached hydrogens (tertiary/aromatic N) is 2. The first-order valence-corrected chi connectivity index (χ1v) is 10.8. The largest absolute Gasteiger partial charge is 1.00 e. The van der Waals surface area contributed by atoms with Gasteiger partial charge in [-0.2, -0.15) is 0 Å². The van der Waals surface area contributed by atoms with Crippen molar-refractivity contribution < 1.29 is 33.8 Å². The molecule has 26 heavy (non-hydrogen) atoms. The topological polar surface area (TPSA) is 0 Å². The number of halogens is 2. The molecule has 0 rings (SSSR count). The summed E-state index contributed by atoms with van der Waals surface area (Å²) in [6, 6.07) is 0. The predicted octanol–water partition coefficient (Wildman–Crippen LogP) is -0.132. The summed E-state index contributed by atoms with van der Waals surface area (Å²) in [7, 11) is 13.8. The molecule has 0 spiro atoms. The lowest BCUT2D eigenvalue weighted by Gasteiger charge is -2.23. The maximum absolute atomic E-state index is 2.30. The third-order valence-corrected chi connectivity index (χ3v) is 4.91. The Kier molecular flexibility index (Phi) is 22.6. The highest BCUT2D eigenvalue weighted by Crippen LogP contribution is 2.13. The highest BCUT2D eigenvalue weighted by atomic mass is 35.5. The van der Waals surface area contributed by atoms with Crippen LogP contribution in [0.25, 0.3) is 0 Å². The van der Waals surface area contributed by atoms with E-state index >= 15 is 0 Å². The van der Waals surface area contributed by atoms with Crippen molar-refractivity contribution in [1.82, 2.24) is 0 Å². The van der Waals surface area contributed by atoms with Crippen LogP contribution in [0.15, 0.2) is 0 Å². The molecule has 0 aromatic rings. The number of rotatable bonds is 17. The van der Waals surface area contributed by atoms with Gasteiger partial charge in [0, 0.05) is 0 Å². The van der Waals surface area contributed by atoms with Gasteiger partial charge in [0.05, 0.1) is 55.4 Å². The molecule has 0 fully saturated rings. The summed E-state index contributed by atoms with van der Waals surface area (Å²) < 4.78 is 2.24. The first-order chi connectivity index (χ1) is 11.2.